The number of hydrogen-bond acceptors (Lipinski definition) is 3. The molecule has 1 aromatic rings. The van der Waals surface area contributed by atoms with Gasteiger partial charge in [0, 0.05) is 11.6 Å². The van der Waals surface area contributed by atoms with E-state index >= 15 is 0 Å². The van der Waals surface area contributed by atoms with Gasteiger partial charge in [0.2, 0.25) is 0 Å². The number of rotatable bonds is 2. The van der Waals surface area contributed by atoms with E-state index in [4.69, 9.17) is 4.74 Å². The second-order valence-corrected chi connectivity index (χ2v) is 6.64. The number of fused-ring (bicyclic) bond motifs is 2. The highest BCUT2D eigenvalue weighted by Crippen LogP contribution is 2.32. The molecule has 1 amide bonds. The van der Waals surface area contributed by atoms with E-state index in [-0.39, 0.29) is 5.91 Å². The maximum absolute atomic E-state index is 12.4. The van der Waals surface area contributed by atoms with Crippen molar-refractivity contribution >= 4 is 5.91 Å². The Labute approximate surface area is 125 Å². The van der Waals surface area contributed by atoms with Crippen molar-refractivity contribution in [1.82, 2.24) is 10.6 Å². The summed E-state index contributed by atoms with van der Waals surface area (Å²) in [5, 5.41) is 6.70. The molecule has 0 aromatic heterocycles. The van der Waals surface area contributed by atoms with E-state index in [0.717, 1.165) is 48.9 Å². The normalized spacial score (nSPS) is 30.8. The van der Waals surface area contributed by atoms with Crippen molar-refractivity contribution < 1.29 is 9.53 Å². The monoisotopic (exact) mass is 286 g/mol. The summed E-state index contributed by atoms with van der Waals surface area (Å²) in [6.07, 6.45) is 3.47. The third kappa shape index (κ3) is 2.58. The van der Waals surface area contributed by atoms with Gasteiger partial charge in [-0.15, -0.1) is 0 Å². The number of benzene rings is 1. The smallest absolute Gasteiger partial charge is 0.251 e. The molecule has 3 aliphatic rings. The van der Waals surface area contributed by atoms with Gasteiger partial charge in [-0.05, 0) is 67.4 Å². The van der Waals surface area contributed by atoms with E-state index in [0.29, 0.717) is 19.3 Å². The zero-order chi connectivity index (χ0) is 14.2. The number of hydrogen-bond donors (Lipinski definition) is 2. The van der Waals surface area contributed by atoms with E-state index in [1.54, 1.807) is 0 Å². The zero-order valence-electron chi connectivity index (χ0n) is 12.2. The van der Waals surface area contributed by atoms with Crippen molar-refractivity contribution in [3.63, 3.8) is 0 Å². The molecule has 2 N–H and O–H groups in total. The topological polar surface area (TPSA) is 50.4 Å². The van der Waals surface area contributed by atoms with Crippen LogP contribution in [0.4, 0.5) is 0 Å². The highest BCUT2D eigenvalue weighted by Gasteiger charge is 2.34. The molecule has 2 fully saturated rings. The average Bonchev–Trinajstić information content (AvgIpc) is 3.14. The minimum Gasteiger partial charge on any atom is -0.372 e. The fraction of sp³-hybridized carbons (Fsp3) is 0.588. The minimum atomic E-state index is 0.0686. The molecule has 3 atom stereocenters. The Bertz CT molecular complexity index is 558. The molecule has 1 unspecified atom stereocenters. The van der Waals surface area contributed by atoms with Gasteiger partial charge in [-0.2, -0.15) is 0 Å². The predicted molar refractivity (Wildman–Crippen MR) is 79.9 cm³/mol. The molecule has 0 bridgehead atoms. The first kappa shape index (κ1) is 13.3. The van der Waals surface area contributed by atoms with Crippen molar-refractivity contribution in [2.75, 3.05) is 13.1 Å². The fourth-order valence-electron chi connectivity index (χ4n) is 4.01. The van der Waals surface area contributed by atoms with Crippen LogP contribution in [-0.2, 0) is 18.0 Å². The lowest BCUT2D eigenvalue weighted by molar-refractivity contribution is 0.0913. The van der Waals surface area contributed by atoms with Crippen LogP contribution in [0.25, 0.3) is 0 Å². The van der Waals surface area contributed by atoms with Gasteiger partial charge >= 0.3 is 0 Å². The number of amides is 1. The molecule has 2 aliphatic heterocycles. The zero-order valence-corrected chi connectivity index (χ0v) is 12.2. The van der Waals surface area contributed by atoms with E-state index < -0.39 is 0 Å². The molecule has 21 heavy (non-hydrogen) atoms. The Balaban J connectivity index is 1.41. The summed E-state index contributed by atoms with van der Waals surface area (Å²) in [6.45, 7) is 3.59. The Morgan fingerprint density at radius 1 is 1.14 bits per heavy atom. The Kier molecular flexibility index (Phi) is 3.43. The fourth-order valence-corrected chi connectivity index (χ4v) is 4.01. The van der Waals surface area contributed by atoms with Gasteiger partial charge in [0.1, 0.15) is 0 Å². The predicted octanol–water partition coefficient (Wildman–Crippen LogP) is 1.83. The van der Waals surface area contributed by atoms with Crippen LogP contribution in [0.2, 0.25) is 0 Å². The lowest BCUT2D eigenvalue weighted by Crippen LogP contribution is -2.40. The number of carbonyl (C=O) groups excluding carboxylic acids is 1. The van der Waals surface area contributed by atoms with Crippen molar-refractivity contribution in [2.24, 2.45) is 11.8 Å². The van der Waals surface area contributed by atoms with Crippen LogP contribution < -0.4 is 10.6 Å². The first-order valence-corrected chi connectivity index (χ1v) is 8.01. The second-order valence-electron chi connectivity index (χ2n) is 6.64. The Morgan fingerprint density at radius 3 is 2.95 bits per heavy atom. The molecule has 112 valence electrons. The molecule has 4 heteroatoms. The highest BCUT2D eigenvalue weighted by molar-refractivity contribution is 5.94. The molecule has 0 radical (unpaired) electrons. The largest absolute Gasteiger partial charge is 0.372 e. The first-order valence-electron chi connectivity index (χ1n) is 8.01. The van der Waals surface area contributed by atoms with Crippen LogP contribution in [0, 0.1) is 11.8 Å². The molecule has 1 aromatic carbocycles. The number of ether oxygens (including phenoxy) is 1. The SMILES string of the molecule is O=C(NC1CC[C@H]2CNC[C@H]2C1)c1ccc2c(c1)COC2. The Morgan fingerprint density at radius 2 is 2.00 bits per heavy atom. The van der Waals surface area contributed by atoms with Crippen LogP contribution in [0.5, 0.6) is 0 Å². The molecular weight excluding hydrogens is 264 g/mol. The summed E-state index contributed by atoms with van der Waals surface area (Å²) in [5.74, 6) is 1.65. The molecule has 0 spiro atoms. The summed E-state index contributed by atoms with van der Waals surface area (Å²) >= 11 is 0. The summed E-state index contributed by atoms with van der Waals surface area (Å²) < 4.78 is 5.41. The lowest BCUT2D eigenvalue weighted by atomic mass is 9.79. The lowest BCUT2D eigenvalue weighted by Gasteiger charge is -2.31. The molecule has 1 saturated heterocycles. The first-order chi connectivity index (χ1) is 10.3. The highest BCUT2D eigenvalue weighted by atomic mass is 16.5. The summed E-state index contributed by atoms with van der Waals surface area (Å²) in [5.41, 5.74) is 3.14. The van der Waals surface area contributed by atoms with Crippen molar-refractivity contribution in [3.05, 3.63) is 34.9 Å². The van der Waals surface area contributed by atoms with Crippen LogP contribution >= 0.6 is 0 Å². The van der Waals surface area contributed by atoms with E-state index in [1.165, 1.54) is 12.0 Å². The number of nitrogens with one attached hydrogen (secondary N) is 2. The van der Waals surface area contributed by atoms with Gasteiger partial charge in [-0.3, -0.25) is 4.79 Å². The third-order valence-electron chi connectivity index (χ3n) is 5.27. The van der Waals surface area contributed by atoms with Gasteiger partial charge in [0.15, 0.2) is 0 Å². The van der Waals surface area contributed by atoms with Gasteiger partial charge in [0.05, 0.1) is 13.2 Å². The quantitative estimate of drug-likeness (QED) is 0.872. The van der Waals surface area contributed by atoms with Crippen LogP contribution in [0.1, 0.15) is 40.7 Å². The summed E-state index contributed by atoms with van der Waals surface area (Å²) in [6, 6.07) is 6.27. The van der Waals surface area contributed by atoms with Gasteiger partial charge in [0.25, 0.3) is 5.91 Å². The van der Waals surface area contributed by atoms with E-state index in [1.807, 2.05) is 18.2 Å². The maximum Gasteiger partial charge on any atom is 0.251 e. The van der Waals surface area contributed by atoms with Crippen LogP contribution in [0.3, 0.4) is 0 Å². The molecular formula is C17H22N2O2. The van der Waals surface area contributed by atoms with Crippen LogP contribution in [-0.4, -0.2) is 25.0 Å². The van der Waals surface area contributed by atoms with Crippen molar-refractivity contribution in [3.8, 4) is 0 Å². The molecule has 1 saturated carbocycles. The Hall–Kier alpha value is -1.39. The van der Waals surface area contributed by atoms with Crippen molar-refractivity contribution in [2.45, 2.75) is 38.5 Å². The van der Waals surface area contributed by atoms with Crippen LogP contribution in [0.15, 0.2) is 18.2 Å². The molecule has 1 aliphatic carbocycles. The van der Waals surface area contributed by atoms with Crippen molar-refractivity contribution in [1.29, 1.82) is 0 Å². The van der Waals surface area contributed by atoms with E-state index in [2.05, 4.69) is 10.6 Å². The molecule has 4 nitrogen and oxygen atoms in total. The minimum absolute atomic E-state index is 0.0686. The third-order valence-corrected chi connectivity index (χ3v) is 5.27. The van der Waals surface area contributed by atoms with Gasteiger partial charge < -0.3 is 15.4 Å². The second kappa shape index (κ2) is 5.43. The maximum atomic E-state index is 12.4. The number of carbonyl (C=O) groups is 1. The molecule has 2 heterocycles. The van der Waals surface area contributed by atoms with Gasteiger partial charge in [-0.1, -0.05) is 6.07 Å². The summed E-state index contributed by atoms with van der Waals surface area (Å²) in [4.78, 5) is 12.4. The standard InChI is InChI=1S/C17H22N2O2/c20-17(11-1-2-13-9-21-10-15(13)5-11)19-16-4-3-12-7-18-8-14(12)6-16/h1-2,5,12,14,16,18H,3-4,6-10H2,(H,19,20)/t12-,14+,16?/m0/s1. The van der Waals surface area contributed by atoms with E-state index in [9.17, 15) is 4.79 Å². The van der Waals surface area contributed by atoms with Gasteiger partial charge in [-0.25, -0.2) is 0 Å². The summed E-state index contributed by atoms with van der Waals surface area (Å²) in [7, 11) is 0. The average molecular weight is 286 g/mol. The molecule has 4 rings (SSSR count).